The van der Waals surface area contributed by atoms with Gasteiger partial charge >= 0.3 is 6.36 Å². The lowest BCUT2D eigenvalue weighted by Crippen LogP contribution is -2.40. The number of nitrogens with two attached hydrogens (primary N) is 1. The van der Waals surface area contributed by atoms with Crippen molar-refractivity contribution in [1.82, 2.24) is 4.90 Å². The lowest BCUT2D eigenvalue weighted by molar-refractivity contribution is -0.274. The van der Waals surface area contributed by atoms with Crippen molar-refractivity contribution in [1.29, 1.82) is 0 Å². The summed E-state index contributed by atoms with van der Waals surface area (Å²) < 4.78 is 40.1. The van der Waals surface area contributed by atoms with Gasteiger partial charge in [-0.3, -0.25) is 4.90 Å². The van der Waals surface area contributed by atoms with Crippen molar-refractivity contribution in [2.45, 2.75) is 38.2 Å². The lowest BCUT2D eigenvalue weighted by Gasteiger charge is -2.35. The molecule has 6 heteroatoms. The van der Waals surface area contributed by atoms with E-state index >= 15 is 0 Å². The van der Waals surface area contributed by atoms with Crippen LogP contribution in [0.4, 0.5) is 13.2 Å². The van der Waals surface area contributed by atoms with Gasteiger partial charge in [0.15, 0.2) is 0 Å². The highest BCUT2D eigenvalue weighted by atomic mass is 19.4. The standard InChI is InChI=1S/C14H19F3N2O/c1-10(19-8-6-12(18)7-9-19)11-2-4-13(5-3-11)20-14(15,16)17/h2-5,10,12H,6-9,18H2,1H3. The van der Waals surface area contributed by atoms with E-state index in [1.165, 1.54) is 12.1 Å². The molecule has 0 amide bonds. The van der Waals surface area contributed by atoms with Crippen LogP contribution in [0.2, 0.25) is 0 Å². The number of piperidine rings is 1. The fourth-order valence-electron chi connectivity index (χ4n) is 2.47. The van der Waals surface area contributed by atoms with Gasteiger partial charge < -0.3 is 10.5 Å². The molecule has 2 rings (SSSR count). The van der Waals surface area contributed by atoms with Gasteiger partial charge in [-0.1, -0.05) is 12.1 Å². The summed E-state index contributed by atoms with van der Waals surface area (Å²) in [6.07, 6.45) is -2.73. The monoisotopic (exact) mass is 288 g/mol. The highest BCUT2D eigenvalue weighted by Crippen LogP contribution is 2.27. The molecular formula is C14H19F3N2O. The van der Waals surface area contributed by atoms with Gasteiger partial charge in [0.2, 0.25) is 0 Å². The van der Waals surface area contributed by atoms with E-state index in [4.69, 9.17) is 5.73 Å². The average Bonchev–Trinajstić information content (AvgIpc) is 2.38. The van der Waals surface area contributed by atoms with Crippen LogP contribution < -0.4 is 10.5 Å². The zero-order valence-corrected chi connectivity index (χ0v) is 11.4. The molecule has 1 unspecified atom stereocenters. The zero-order chi connectivity index (χ0) is 14.8. The molecule has 1 fully saturated rings. The molecule has 0 radical (unpaired) electrons. The van der Waals surface area contributed by atoms with E-state index in [1.54, 1.807) is 12.1 Å². The number of hydrogen-bond acceptors (Lipinski definition) is 3. The molecule has 0 aromatic heterocycles. The van der Waals surface area contributed by atoms with Gasteiger partial charge in [0.25, 0.3) is 0 Å². The molecule has 0 saturated carbocycles. The first kappa shape index (κ1) is 15.1. The van der Waals surface area contributed by atoms with Crippen molar-refractivity contribution in [3.63, 3.8) is 0 Å². The van der Waals surface area contributed by atoms with E-state index in [9.17, 15) is 13.2 Å². The summed E-state index contributed by atoms with van der Waals surface area (Å²) in [7, 11) is 0. The van der Waals surface area contributed by atoms with Crippen molar-refractivity contribution in [3.8, 4) is 5.75 Å². The summed E-state index contributed by atoms with van der Waals surface area (Å²) in [6.45, 7) is 3.89. The highest BCUT2D eigenvalue weighted by Gasteiger charge is 2.31. The van der Waals surface area contributed by atoms with Gasteiger partial charge in [-0.25, -0.2) is 0 Å². The number of ether oxygens (including phenoxy) is 1. The van der Waals surface area contributed by atoms with Crippen LogP contribution in [0, 0.1) is 0 Å². The Kier molecular flexibility index (Phi) is 4.55. The lowest BCUT2D eigenvalue weighted by atomic mass is 10.0. The molecule has 1 aliphatic heterocycles. The third kappa shape index (κ3) is 4.11. The predicted octanol–water partition coefficient (Wildman–Crippen LogP) is 3.07. The molecule has 1 aromatic carbocycles. The Morgan fingerprint density at radius 2 is 1.75 bits per heavy atom. The summed E-state index contributed by atoms with van der Waals surface area (Å²) >= 11 is 0. The summed E-state index contributed by atoms with van der Waals surface area (Å²) in [5, 5.41) is 0. The Bertz CT molecular complexity index is 425. The van der Waals surface area contributed by atoms with Crippen LogP contribution in [0.1, 0.15) is 31.4 Å². The number of halogens is 3. The molecule has 20 heavy (non-hydrogen) atoms. The number of benzene rings is 1. The molecule has 1 atom stereocenters. The molecule has 1 aromatic rings. The number of likely N-dealkylation sites (tertiary alicyclic amines) is 1. The van der Waals surface area contributed by atoms with E-state index in [0.717, 1.165) is 31.5 Å². The summed E-state index contributed by atoms with van der Waals surface area (Å²) in [5.74, 6) is -0.186. The van der Waals surface area contributed by atoms with E-state index in [1.807, 2.05) is 0 Å². The fourth-order valence-corrected chi connectivity index (χ4v) is 2.47. The van der Waals surface area contributed by atoms with Crippen LogP contribution in [0.15, 0.2) is 24.3 Å². The first-order valence-corrected chi connectivity index (χ1v) is 6.70. The van der Waals surface area contributed by atoms with Gasteiger partial charge in [0.05, 0.1) is 0 Å². The van der Waals surface area contributed by atoms with E-state index in [2.05, 4.69) is 16.6 Å². The molecule has 0 bridgehead atoms. The molecule has 3 nitrogen and oxygen atoms in total. The fraction of sp³-hybridized carbons (Fsp3) is 0.571. The summed E-state index contributed by atoms with van der Waals surface area (Å²) in [4.78, 5) is 2.29. The Hall–Kier alpha value is -1.27. The van der Waals surface area contributed by atoms with Crippen LogP contribution in [0.5, 0.6) is 5.75 Å². The second-order valence-corrected chi connectivity index (χ2v) is 5.17. The Morgan fingerprint density at radius 1 is 1.20 bits per heavy atom. The highest BCUT2D eigenvalue weighted by molar-refractivity contribution is 5.29. The second kappa shape index (κ2) is 6.01. The maximum atomic E-state index is 12.1. The second-order valence-electron chi connectivity index (χ2n) is 5.17. The smallest absolute Gasteiger partial charge is 0.406 e. The van der Waals surface area contributed by atoms with E-state index < -0.39 is 6.36 Å². The van der Waals surface area contributed by atoms with Crippen LogP contribution in [0.25, 0.3) is 0 Å². The molecule has 1 saturated heterocycles. The summed E-state index contributed by atoms with van der Waals surface area (Å²) in [5.41, 5.74) is 6.85. The maximum absolute atomic E-state index is 12.1. The SMILES string of the molecule is CC(c1ccc(OC(F)(F)F)cc1)N1CCC(N)CC1. The Morgan fingerprint density at radius 3 is 2.25 bits per heavy atom. The molecule has 1 aliphatic rings. The maximum Gasteiger partial charge on any atom is 0.573 e. The molecule has 0 aliphatic carbocycles. The van der Waals surface area contributed by atoms with Gasteiger partial charge in [0, 0.05) is 25.2 Å². The van der Waals surface area contributed by atoms with Crippen molar-refractivity contribution in [3.05, 3.63) is 29.8 Å². The van der Waals surface area contributed by atoms with Crippen LogP contribution in [0.3, 0.4) is 0 Å². The van der Waals surface area contributed by atoms with Gasteiger partial charge in [-0.15, -0.1) is 13.2 Å². The van der Waals surface area contributed by atoms with Gasteiger partial charge in [-0.2, -0.15) is 0 Å². The minimum Gasteiger partial charge on any atom is -0.406 e. The zero-order valence-electron chi connectivity index (χ0n) is 11.4. The topological polar surface area (TPSA) is 38.5 Å². The largest absolute Gasteiger partial charge is 0.573 e. The molecule has 0 spiro atoms. The third-order valence-corrected chi connectivity index (χ3v) is 3.72. The van der Waals surface area contributed by atoms with E-state index in [0.29, 0.717) is 0 Å². The van der Waals surface area contributed by atoms with E-state index in [-0.39, 0.29) is 17.8 Å². The molecule has 112 valence electrons. The van der Waals surface area contributed by atoms with Crippen molar-refractivity contribution >= 4 is 0 Å². The molecule has 2 N–H and O–H groups in total. The summed E-state index contributed by atoms with van der Waals surface area (Å²) in [6, 6.07) is 6.51. The minimum absolute atomic E-state index is 0.169. The quantitative estimate of drug-likeness (QED) is 0.929. The predicted molar refractivity (Wildman–Crippen MR) is 70.3 cm³/mol. The number of alkyl halides is 3. The third-order valence-electron chi connectivity index (χ3n) is 3.72. The van der Waals surface area contributed by atoms with Crippen molar-refractivity contribution < 1.29 is 17.9 Å². The number of hydrogen-bond donors (Lipinski definition) is 1. The van der Waals surface area contributed by atoms with Gasteiger partial charge in [-0.05, 0) is 37.5 Å². The van der Waals surface area contributed by atoms with Crippen LogP contribution in [-0.2, 0) is 0 Å². The number of nitrogens with zero attached hydrogens (tertiary/aromatic N) is 1. The number of rotatable bonds is 3. The normalized spacial score (nSPS) is 19.9. The molecular weight excluding hydrogens is 269 g/mol. The van der Waals surface area contributed by atoms with Crippen LogP contribution >= 0.6 is 0 Å². The average molecular weight is 288 g/mol. The first-order valence-electron chi connectivity index (χ1n) is 6.70. The first-order chi connectivity index (χ1) is 9.35. The van der Waals surface area contributed by atoms with Crippen molar-refractivity contribution in [2.24, 2.45) is 5.73 Å². The van der Waals surface area contributed by atoms with Crippen LogP contribution in [-0.4, -0.2) is 30.4 Å². The Balaban J connectivity index is 1.98. The Labute approximate surface area is 116 Å². The van der Waals surface area contributed by atoms with Crippen molar-refractivity contribution in [2.75, 3.05) is 13.1 Å². The van der Waals surface area contributed by atoms with Gasteiger partial charge in [0.1, 0.15) is 5.75 Å². The molecule has 1 heterocycles. The minimum atomic E-state index is -4.64.